The summed E-state index contributed by atoms with van der Waals surface area (Å²) in [4.78, 5) is 28.5. The minimum Gasteiger partial charge on any atom is -0.326 e. The van der Waals surface area contributed by atoms with Gasteiger partial charge < -0.3 is 5.32 Å². The molecule has 2 heterocycles. The van der Waals surface area contributed by atoms with Gasteiger partial charge in [0.25, 0.3) is 5.91 Å². The normalized spacial score (nSPS) is 19.4. The molecule has 2 N–H and O–H groups in total. The van der Waals surface area contributed by atoms with Gasteiger partial charge in [0, 0.05) is 31.3 Å². The van der Waals surface area contributed by atoms with Crippen molar-refractivity contribution in [2.24, 2.45) is 11.8 Å². The molecule has 1 aromatic heterocycles. The first-order valence-electron chi connectivity index (χ1n) is 10.7. The second-order valence-electron chi connectivity index (χ2n) is 8.63. The summed E-state index contributed by atoms with van der Waals surface area (Å²) in [5, 5.41) is 5.90. The topological polar surface area (TPSA) is 108 Å². The highest BCUT2D eigenvalue weighted by molar-refractivity contribution is 7.89. The maximum absolute atomic E-state index is 13.0. The summed E-state index contributed by atoms with van der Waals surface area (Å²) >= 11 is 1.29. The molecule has 0 saturated carbocycles. The van der Waals surface area contributed by atoms with E-state index in [0.29, 0.717) is 46.8 Å². The number of carbonyl (C=O) groups excluding carboxylic acids is 2. The molecule has 4 rings (SSSR count). The van der Waals surface area contributed by atoms with Crippen molar-refractivity contribution in [1.29, 1.82) is 0 Å². The molecule has 10 heteroatoms. The Kier molecular flexibility index (Phi) is 6.51. The number of carbonyl (C=O) groups is 2. The van der Waals surface area contributed by atoms with E-state index >= 15 is 0 Å². The highest BCUT2D eigenvalue weighted by Crippen LogP contribution is 2.29. The maximum atomic E-state index is 13.0. The molecule has 0 bridgehead atoms. The Balaban J connectivity index is 1.48. The molecule has 2 aromatic carbocycles. The lowest BCUT2D eigenvalue weighted by Gasteiger charge is -2.34. The molecule has 0 radical (unpaired) electrons. The monoisotopic (exact) mass is 486 g/mol. The van der Waals surface area contributed by atoms with Crippen molar-refractivity contribution in [3.8, 4) is 0 Å². The van der Waals surface area contributed by atoms with Crippen LogP contribution in [0.1, 0.15) is 37.6 Å². The van der Waals surface area contributed by atoms with Crippen molar-refractivity contribution in [2.45, 2.75) is 32.1 Å². The van der Waals surface area contributed by atoms with Crippen molar-refractivity contribution in [2.75, 3.05) is 23.7 Å². The third-order valence-electron chi connectivity index (χ3n) is 5.52. The zero-order valence-electron chi connectivity index (χ0n) is 18.7. The van der Waals surface area contributed by atoms with Crippen LogP contribution in [0.2, 0.25) is 0 Å². The third kappa shape index (κ3) is 5.23. The summed E-state index contributed by atoms with van der Waals surface area (Å²) in [7, 11) is -3.60. The standard InChI is InChI=1S/C23H26N4O4S2/c1-14-10-15(2)13-27(12-14)33(30,31)19-7-4-17(5-8-19)22(29)26-23-25-20-9-6-18(24-16(3)28)11-21(20)32-23/h4-9,11,14-15H,10,12-13H2,1-3H3,(H,24,28)(H,25,26,29)/t14-,15+. The van der Waals surface area contributed by atoms with Crippen LogP contribution in [-0.4, -0.2) is 42.6 Å². The van der Waals surface area contributed by atoms with Gasteiger partial charge in [0.2, 0.25) is 15.9 Å². The molecule has 174 valence electrons. The van der Waals surface area contributed by atoms with Crippen molar-refractivity contribution in [1.82, 2.24) is 9.29 Å². The fourth-order valence-electron chi connectivity index (χ4n) is 4.16. The first-order chi connectivity index (χ1) is 15.6. The van der Waals surface area contributed by atoms with Crippen LogP contribution in [0.5, 0.6) is 0 Å². The number of piperidine rings is 1. The van der Waals surface area contributed by atoms with E-state index in [1.165, 1.54) is 46.8 Å². The Morgan fingerprint density at radius 1 is 1.03 bits per heavy atom. The van der Waals surface area contributed by atoms with Crippen molar-refractivity contribution < 1.29 is 18.0 Å². The van der Waals surface area contributed by atoms with Crippen LogP contribution in [0.15, 0.2) is 47.4 Å². The number of fused-ring (bicyclic) bond motifs is 1. The fraction of sp³-hybridized carbons (Fsp3) is 0.348. The molecule has 33 heavy (non-hydrogen) atoms. The first-order valence-corrected chi connectivity index (χ1v) is 13.0. The molecule has 2 amide bonds. The molecule has 0 unspecified atom stereocenters. The van der Waals surface area contributed by atoms with Crippen LogP contribution in [-0.2, 0) is 14.8 Å². The number of nitrogens with one attached hydrogen (secondary N) is 2. The zero-order valence-corrected chi connectivity index (χ0v) is 20.3. The van der Waals surface area contributed by atoms with Crippen molar-refractivity contribution >= 4 is 54.2 Å². The quantitative estimate of drug-likeness (QED) is 0.563. The summed E-state index contributed by atoms with van der Waals surface area (Å²) in [5.41, 5.74) is 1.70. The number of rotatable bonds is 5. The molecule has 2 atom stereocenters. The number of amides is 2. The van der Waals surface area contributed by atoms with Gasteiger partial charge in [0.1, 0.15) is 0 Å². The third-order valence-corrected chi connectivity index (χ3v) is 8.30. The van der Waals surface area contributed by atoms with Gasteiger partial charge in [-0.2, -0.15) is 4.31 Å². The average Bonchev–Trinajstić information content (AvgIpc) is 3.14. The summed E-state index contributed by atoms with van der Waals surface area (Å²) in [5.74, 6) is 0.0934. The highest BCUT2D eigenvalue weighted by Gasteiger charge is 2.31. The van der Waals surface area contributed by atoms with Gasteiger partial charge in [-0.15, -0.1) is 0 Å². The number of aromatic nitrogens is 1. The number of anilines is 2. The largest absolute Gasteiger partial charge is 0.326 e. The minimum atomic E-state index is -3.60. The van der Waals surface area contributed by atoms with Crippen LogP contribution < -0.4 is 10.6 Å². The van der Waals surface area contributed by atoms with Crippen molar-refractivity contribution in [3.05, 3.63) is 48.0 Å². The van der Waals surface area contributed by atoms with Crippen LogP contribution >= 0.6 is 11.3 Å². The number of thiazole rings is 1. The predicted molar refractivity (Wildman–Crippen MR) is 130 cm³/mol. The van der Waals surface area contributed by atoms with E-state index < -0.39 is 10.0 Å². The van der Waals surface area contributed by atoms with Gasteiger partial charge in [0.05, 0.1) is 15.1 Å². The molecule has 1 saturated heterocycles. The van der Waals surface area contributed by atoms with E-state index in [1.807, 2.05) is 0 Å². The number of benzene rings is 2. The Labute approximate surface area is 197 Å². The van der Waals surface area contributed by atoms with Gasteiger partial charge in [-0.05, 0) is 60.7 Å². The van der Waals surface area contributed by atoms with Crippen LogP contribution in [0.25, 0.3) is 10.2 Å². The first kappa shape index (κ1) is 23.3. The molecular formula is C23H26N4O4S2. The zero-order chi connectivity index (χ0) is 23.8. The Hall–Kier alpha value is -2.82. The summed E-state index contributed by atoms with van der Waals surface area (Å²) in [6.45, 7) is 6.58. The van der Waals surface area contributed by atoms with Gasteiger partial charge in [-0.3, -0.25) is 14.9 Å². The van der Waals surface area contributed by atoms with Gasteiger partial charge >= 0.3 is 0 Å². The lowest BCUT2D eigenvalue weighted by Crippen LogP contribution is -2.42. The summed E-state index contributed by atoms with van der Waals surface area (Å²) in [6, 6.07) is 11.3. The number of hydrogen-bond donors (Lipinski definition) is 2. The minimum absolute atomic E-state index is 0.165. The molecule has 0 aliphatic carbocycles. The molecular weight excluding hydrogens is 460 g/mol. The highest BCUT2D eigenvalue weighted by atomic mass is 32.2. The molecule has 8 nitrogen and oxygen atoms in total. The second kappa shape index (κ2) is 9.20. The molecule has 0 spiro atoms. The van der Waals surface area contributed by atoms with Crippen LogP contribution in [0, 0.1) is 11.8 Å². The van der Waals surface area contributed by atoms with E-state index in [0.717, 1.165) is 11.1 Å². The van der Waals surface area contributed by atoms with Crippen LogP contribution in [0.3, 0.4) is 0 Å². The summed E-state index contributed by atoms with van der Waals surface area (Å²) in [6.07, 6.45) is 1.02. The number of nitrogens with zero attached hydrogens (tertiary/aromatic N) is 2. The summed E-state index contributed by atoms with van der Waals surface area (Å²) < 4.78 is 28.4. The Morgan fingerprint density at radius 3 is 2.33 bits per heavy atom. The van der Waals surface area contributed by atoms with E-state index in [4.69, 9.17) is 0 Å². The SMILES string of the molecule is CC(=O)Nc1ccc2nc(NC(=O)c3ccc(S(=O)(=O)N4C[C@H](C)C[C@H](C)C4)cc3)sc2c1. The van der Waals surface area contributed by atoms with E-state index in [1.54, 1.807) is 18.2 Å². The average molecular weight is 487 g/mol. The predicted octanol–water partition coefficient (Wildman–Crippen LogP) is 4.17. The Bertz CT molecular complexity index is 1290. The van der Waals surface area contributed by atoms with E-state index in [2.05, 4.69) is 29.5 Å². The van der Waals surface area contributed by atoms with Gasteiger partial charge in [0.15, 0.2) is 5.13 Å². The van der Waals surface area contributed by atoms with Crippen LogP contribution in [0.4, 0.5) is 10.8 Å². The van der Waals surface area contributed by atoms with E-state index in [-0.39, 0.29) is 16.7 Å². The molecule has 1 fully saturated rings. The Morgan fingerprint density at radius 2 is 1.70 bits per heavy atom. The number of hydrogen-bond acceptors (Lipinski definition) is 6. The lowest BCUT2D eigenvalue weighted by molar-refractivity contribution is -0.114. The maximum Gasteiger partial charge on any atom is 0.257 e. The molecule has 1 aliphatic heterocycles. The molecule has 1 aliphatic rings. The van der Waals surface area contributed by atoms with Crippen molar-refractivity contribution in [3.63, 3.8) is 0 Å². The fourth-order valence-corrected chi connectivity index (χ4v) is 6.74. The molecule has 3 aromatic rings. The lowest BCUT2D eigenvalue weighted by atomic mass is 9.94. The number of sulfonamides is 1. The van der Waals surface area contributed by atoms with E-state index in [9.17, 15) is 18.0 Å². The van der Waals surface area contributed by atoms with Gasteiger partial charge in [-0.25, -0.2) is 13.4 Å². The second-order valence-corrected chi connectivity index (χ2v) is 11.6. The smallest absolute Gasteiger partial charge is 0.257 e. The van der Waals surface area contributed by atoms with Gasteiger partial charge in [-0.1, -0.05) is 25.2 Å².